The zero-order valence-electron chi connectivity index (χ0n) is 11.6. The van der Waals surface area contributed by atoms with Gasteiger partial charge >= 0.3 is 0 Å². The van der Waals surface area contributed by atoms with Crippen molar-refractivity contribution >= 4 is 27.4 Å². The number of hydrogen-bond donors (Lipinski definition) is 1. The number of ether oxygens (including phenoxy) is 1. The number of nitrogen functional groups attached to an aromatic ring is 1. The van der Waals surface area contributed by atoms with Gasteiger partial charge in [-0.15, -0.1) is 11.3 Å². The van der Waals surface area contributed by atoms with Crippen LogP contribution >= 0.6 is 11.3 Å². The third-order valence-electron chi connectivity index (χ3n) is 3.38. The molecule has 0 aliphatic rings. The number of nitrogens with two attached hydrogens (primary N) is 1. The lowest BCUT2D eigenvalue weighted by Crippen LogP contribution is -1.97. The van der Waals surface area contributed by atoms with Crippen LogP contribution in [0.4, 0.5) is 5.82 Å². The highest BCUT2D eigenvalue weighted by Crippen LogP contribution is 2.33. The molecule has 3 rings (SSSR count). The molecule has 0 bridgehead atoms. The maximum Gasteiger partial charge on any atom is 0.163 e. The summed E-state index contributed by atoms with van der Waals surface area (Å²) < 4.78 is 5.23. The number of rotatable bonds is 2. The summed E-state index contributed by atoms with van der Waals surface area (Å²) in [5.41, 5.74) is 8.17. The van der Waals surface area contributed by atoms with Gasteiger partial charge in [0.1, 0.15) is 16.4 Å². The third-order valence-corrected chi connectivity index (χ3v) is 4.49. The molecule has 0 spiro atoms. The highest BCUT2D eigenvalue weighted by molar-refractivity contribution is 7.18. The first-order valence-electron chi connectivity index (χ1n) is 6.28. The van der Waals surface area contributed by atoms with Crippen molar-refractivity contribution in [1.29, 1.82) is 0 Å². The number of hydrogen-bond acceptors (Lipinski definition) is 5. The zero-order valence-corrected chi connectivity index (χ0v) is 12.4. The summed E-state index contributed by atoms with van der Waals surface area (Å²) >= 11 is 1.65. The van der Waals surface area contributed by atoms with E-state index in [0.29, 0.717) is 11.6 Å². The predicted molar refractivity (Wildman–Crippen MR) is 83.3 cm³/mol. The van der Waals surface area contributed by atoms with Gasteiger partial charge in [-0.2, -0.15) is 0 Å². The maximum absolute atomic E-state index is 6.10. The van der Waals surface area contributed by atoms with Gasteiger partial charge in [-0.25, -0.2) is 9.97 Å². The Kier molecular flexibility index (Phi) is 3.06. The van der Waals surface area contributed by atoms with E-state index in [2.05, 4.69) is 23.8 Å². The van der Waals surface area contributed by atoms with E-state index >= 15 is 0 Å². The average Bonchev–Trinajstić information content (AvgIpc) is 2.74. The second kappa shape index (κ2) is 4.76. The smallest absolute Gasteiger partial charge is 0.163 e. The van der Waals surface area contributed by atoms with Crippen LogP contribution in [0.5, 0.6) is 5.75 Å². The van der Waals surface area contributed by atoms with Crippen LogP contribution in [0.2, 0.25) is 0 Å². The SMILES string of the molecule is COc1cccc(-c2nc(N)c3c(C)c(C)sc3n2)c1. The summed E-state index contributed by atoms with van der Waals surface area (Å²) in [6.45, 7) is 4.13. The summed E-state index contributed by atoms with van der Waals surface area (Å²) in [6, 6.07) is 7.68. The summed E-state index contributed by atoms with van der Waals surface area (Å²) in [4.78, 5) is 11.2. The minimum Gasteiger partial charge on any atom is -0.497 e. The highest BCUT2D eigenvalue weighted by atomic mass is 32.1. The normalized spacial score (nSPS) is 10.9. The molecule has 0 aliphatic carbocycles. The van der Waals surface area contributed by atoms with E-state index in [0.717, 1.165) is 21.5 Å². The van der Waals surface area contributed by atoms with Crippen LogP contribution in [-0.4, -0.2) is 17.1 Å². The lowest BCUT2D eigenvalue weighted by atomic mass is 10.2. The minimum absolute atomic E-state index is 0.537. The van der Waals surface area contributed by atoms with Gasteiger partial charge in [0.05, 0.1) is 12.5 Å². The molecular weight excluding hydrogens is 270 g/mol. The van der Waals surface area contributed by atoms with Gasteiger partial charge in [-0.1, -0.05) is 12.1 Å². The second-order valence-electron chi connectivity index (χ2n) is 4.63. The molecule has 0 fully saturated rings. The first-order chi connectivity index (χ1) is 9.60. The Morgan fingerprint density at radius 1 is 1.20 bits per heavy atom. The monoisotopic (exact) mass is 285 g/mol. The Balaban J connectivity index is 2.22. The largest absolute Gasteiger partial charge is 0.497 e. The number of methoxy groups -OCH3 is 1. The summed E-state index contributed by atoms with van der Waals surface area (Å²) in [7, 11) is 1.64. The Labute approximate surface area is 121 Å². The van der Waals surface area contributed by atoms with Crippen molar-refractivity contribution in [1.82, 2.24) is 9.97 Å². The molecule has 0 atom stereocenters. The van der Waals surface area contributed by atoms with Crippen LogP contribution in [0, 0.1) is 13.8 Å². The van der Waals surface area contributed by atoms with E-state index < -0.39 is 0 Å². The Bertz CT molecular complexity index is 795. The van der Waals surface area contributed by atoms with Crippen molar-refractivity contribution in [3.8, 4) is 17.1 Å². The zero-order chi connectivity index (χ0) is 14.3. The van der Waals surface area contributed by atoms with Gasteiger partial charge in [0.25, 0.3) is 0 Å². The standard InChI is InChI=1S/C15H15N3OS/c1-8-9(2)20-15-12(8)13(16)17-14(18-15)10-5-4-6-11(7-10)19-3/h4-7H,1-3H3,(H2,16,17,18). The quantitative estimate of drug-likeness (QED) is 0.782. The molecule has 0 radical (unpaired) electrons. The van der Waals surface area contributed by atoms with Gasteiger partial charge in [-0.3, -0.25) is 0 Å². The average molecular weight is 285 g/mol. The van der Waals surface area contributed by atoms with Crippen molar-refractivity contribution in [2.24, 2.45) is 0 Å². The summed E-state index contributed by atoms with van der Waals surface area (Å²) in [6.07, 6.45) is 0. The molecule has 0 saturated heterocycles. The molecular formula is C15H15N3OS. The molecule has 102 valence electrons. The number of fused-ring (bicyclic) bond motifs is 1. The number of nitrogens with zero attached hydrogens (tertiary/aromatic N) is 2. The third kappa shape index (κ3) is 2.00. The fourth-order valence-corrected chi connectivity index (χ4v) is 3.21. The van der Waals surface area contributed by atoms with E-state index in [1.165, 1.54) is 10.4 Å². The molecule has 20 heavy (non-hydrogen) atoms. The van der Waals surface area contributed by atoms with Crippen molar-refractivity contribution in [2.75, 3.05) is 12.8 Å². The van der Waals surface area contributed by atoms with Crippen molar-refractivity contribution in [3.05, 3.63) is 34.7 Å². The Morgan fingerprint density at radius 3 is 2.75 bits per heavy atom. The van der Waals surface area contributed by atoms with E-state index in [-0.39, 0.29) is 0 Å². The predicted octanol–water partition coefficient (Wildman–Crippen LogP) is 3.57. The number of aryl methyl sites for hydroxylation is 2. The minimum atomic E-state index is 0.537. The number of anilines is 1. The van der Waals surface area contributed by atoms with E-state index in [1.54, 1.807) is 18.4 Å². The van der Waals surface area contributed by atoms with Crippen molar-refractivity contribution in [2.45, 2.75) is 13.8 Å². The maximum atomic E-state index is 6.10. The Hall–Kier alpha value is -2.14. The lowest BCUT2D eigenvalue weighted by Gasteiger charge is -2.05. The summed E-state index contributed by atoms with van der Waals surface area (Å²) in [5, 5.41) is 0.971. The lowest BCUT2D eigenvalue weighted by molar-refractivity contribution is 0.415. The molecule has 2 heterocycles. The topological polar surface area (TPSA) is 61.0 Å². The van der Waals surface area contributed by atoms with Gasteiger partial charge in [0.2, 0.25) is 0 Å². The van der Waals surface area contributed by atoms with Crippen LogP contribution in [0.15, 0.2) is 24.3 Å². The molecule has 0 aliphatic heterocycles. The van der Waals surface area contributed by atoms with E-state index in [1.807, 2.05) is 24.3 Å². The van der Waals surface area contributed by atoms with Gasteiger partial charge in [-0.05, 0) is 31.5 Å². The number of thiophene rings is 1. The molecule has 1 aromatic carbocycles. The summed E-state index contributed by atoms with van der Waals surface area (Å²) in [5.74, 6) is 1.95. The van der Waals surface area contributed by atoms with Crippen LogP contribution in [0.3, 0.4) is 0 Å². The molecule has 4 nitrogen and oxygen atoms in total. The fourth-order valence-electron chi connectivity index (χ4n) is 2.17. The van der Waals surface area contributed by atoms with E-state index in [4.69, 9.17) is 10.5 Å². The second-order valence-corrected chi connectivity index (χ2v) is 5.83. The molecule has 3 aromatic rings. The fraction of sp³-hybridized carbons (Fsp3) is 0.200. The van der Waals surface area contributed by atoms with Crippen LogP contribution in [-0.2, 0) is 0 Å². The van der Waals surface area contributed by atoms with Crippen molar-refractivity contribution < 1.29 is 4.74 Å². The highest BCUT2D eigenvalue weighted by Gasteiger charge is 2.13. The number of aromatic nitrogens is 2. The van der Waals surface area contributed by atoms with Gasteiger partial charge < -0.3 is 10.5 Å². The van der Waals surface area contributed by atoms with E-state index in [9.17, 15) is 0 Å². The first-order valence-corrected chi connectivity index (χ1v) is 7.09. The molecule has 0 saturated carbocycles. The molecule has 0 unspecified atom stereocenters. The number of benzene rings is 1. The first kappa shape index (κ1) is 12.9. The van der Waals surface area contributed by atoms with Crippen LogP contribution < -0.4 is 10.5 Å². The Morgan fingerprint density at radius 2 is 2.00 bits per heavy atom. The van der Waals surface area contributed by atoms with Crippen LogP contribution in [0.25, 0.3) is 21.6 Å². The molecule has 2 N–H and O–H groups in total. The molecule has 5 heteroatoms. The molecule has 2 aromatic heterocycles. The van der Waals surface area contributed by atoms with Crippen LogP contribution in [0.1, 0.15) is 10.4 Å². The van der Waals surface area contributed by atoms with Crippen molar-refractivity contribution in [3.63, 3.8) is 0 Å². The van der Waals surface area contributed by atoms with Gasteiger partial charge in [0.15, 0.2) is 5.82 Å². The molecule has 0 amide bonds. The van der Waals surface area contributed by atoms with Gasteiger partial charge in [0, 0.05) is 10.4 Å².